The average Bonchev–Trinajstić information content (AvgIpc) is 3.39. The largest absolute Gasteiger partial charge is 0.493 e. The van der Waals surface area contributed by atoms with E-state index in [2.05, 4.69) is 20.8 Å². The molecule has 0 radical (unpaired) electrons. The number of carbonyl (C=O) groups excluding carboxylic acids is 3. The molecule has 1 aromatic carbocycles. The molecule has 1 aliphatic carbocycles. The van der Waals surface area contributed by atoms with Crippen LogP contribution in [0.1, 0.15) is 70.1 Å². The van der Waals surface area contributed by atoms with E-state index in [1.807, 2.05) is 0 Å². The monoisotopic (exact) mass is 601 g/mol. The zero-order valence-electron chi connectivity index (χ0n) is 23.9. The fourth-order valence-electron chi connectivity index (χ4n) is 4.52. The van der Waals surface area contributed by atoms with Crippen molar-refractivity contribution in [3.05, 3.63) is 45.6 Å². The number of benzene rings is 1. The van der Waals surface area contributed by atoms with Crippen molar-refractivity contribution in [3.8, 4) is 11.5 Å². The standard InChI is InChI=1S/C28H35N5O6S2/c1-6-39-27(36)23-18-10-8-7-9-11-21(18)41-26(23)30-24(34)16(2)40-28-32-31-22(33(28)3)15-29-25(35)17-12-13-19(37-4)20(14-17)38-5/h12-14,16H,6-11,15H2,1-5H3,(H,29,35)(H,30,34). The lowest BCUT2D eigenvalue weighted by Crippen LogP contribution is -2.25. The summed E-state index contributed by atoms with van der Waals surface area (Å²) in [6.07, 6.45) is 4.91. The Labute approximate surface area is 247 Å². The Bertz CT molecular complexity index is 1420. The number of nitrogens with zero attached hydrogens (tertiary/aromatic N) is 3. The quantitative estimate of drug-likeness (QED) is 0.186. The van der Waals surface area contributed by atoms with Gasteiger partial charge in [0.25, 0.3) is 5.91 Å². The fraction of sp³-hybridized carbons (Fsp3) is 0.464. The van der Waals surface area contributed by atoms with Gasteiger partial charge in [0.15, 0.2) is 22.5 Å². The molecule has 11 nitrogen and oxygen atoms in total. The molecule has 0 saturated heterocycles. The number of esters is 1. The van der Waals surface area contributed by atoms with E-state index in [1.54, 1.807) is 43.7 Å². The Morgan fingerprint density at radius 1 is 1.10 bits per heavy atom. The van der Waals surface area contributed by atoms with Crippen LogP contribution in [0.3, 0.4) is 0 Å². The smallest absolute Gasteiger partial charge is 0.341 e. The lowest BCUT2D eigenvalue weighted by atomic mass is 10.1. The predicted molar refractivity (Wildman–Crippen MR) is 157 cm³/mol. The van der Waals surface area contributed by atoms with Crippen LogP contribution >= 0.6 is 23.1 Å². The number of methoxy groups -OCH3 is 2. The first-order valence-electron chi connectivity index (χ1n) is 13.4. The molecular formula is C28H35N5O6S2. The van der Waals surface area contributed by atoms with Crippen molar-refractivity contribution in [1.82, 2.24) is 20.1 Å². The van der Waals surface area contributed by atoms with Gasteiger partial charge < -0.3 is 29.4 Å². The first-order valence-corrected chi connectivity index (χ1v) is 15.1. The summed E-state index contributed by atoms with van der Waals surface area (Å²) in [5, 5.41) is 14.8. The summed E-state index contributed by atoms with van der Waals surface area (Å²) in [6, 6.07) is 4.92. The maximum atomic E-state index is 13.2. The number of nitrogens with one attached hydrogen (secondary N) is 2. The molecule has 41 heavy (non-hydrogen) atoms. The number of thioether (sulfide) groups is 1. The van der Waals surface area contributed by atoms with Crippen LogP contribution in [0.5, 0.6) is 11.5 Å². The molecule has 4 rings (SSSR count). The van der Waals surface area contributed by atoms with Gasteiger partial charge in [-0.15, -0.1) is 21.5 Å². The first-order chi connectivity index (χ1) is 19.8. The maximum absolute atomic E-state index is 13.2. The van der Waals surface area contributed by atoms with Gasteiger partial charge in [-0.1, -0.05) is 18.2 Å². The highest BCUT2D eigenvalue weighted by molar-refractivity contribution is 8.00. The minimum atomic E-state index is -0.524. The number of aryl methyl sites for hydroxylation is 1. The van der Waals surface area contributed by atoms with Crippen molar-refractivity contribution in [2.24, 2.45) is 7.05 Å². The van der Waals surface area contributed by atoms with Gasteiger partial charge in [-0.2, -0.15) is 0 Å². The highest BCUT2D eigenvalue weighted by Gasteiger charge is 2.28. The normalized spacial score (nSPS) is 13.5. The molecule has 1 atom stereocenters. The molecule has 0 aliphatic heterocycles. The number of rotatable bonds is 11. The van der Waals surface area contributed by atoms with Crippen LogP contribution in [0.2, 0.25) is 0 Å². The molecule has 0 spiro atoms. The van der Waals surface area contributed by atoms with Gasteiger partial charge in [-0.05, 0) is 63.3 Å². The second-order valence-corrected chi connectivity index (χ2v) is 11.9. The van der Waals surface area contributed by atoms with E-state index in [-0.39, 0.29) is 25.0 Å². The van der Waals surface area contributed by atoms with E-state index >= 15 is 0 Å². The van der Waals surface area contributed by atoms with Crippen LogP contribution in [-0.4, -0.2) is 58.6 Å². The number of thiophene rings is 1. The van der Waals surface area contributed by atoms with E-state index in [0.717, 1.165) is 42.5 Å². The van der Waals surface area contributed by atoms with Gasteiger partial charge in [-0.25, -0.2) is 4.79 Å². The number of amides is 2. The Morgan fingerprint density at radius 2 is 1.85 bits per heavy atom. The zero-order valence-corrected chi connectivity index (χ0v) is 25.5. The van der Waals surface area contributed by atoms with Crippen LogP contribution in [0.25, 0.3) is 0 Å². The summed E-state index contributed by atoms with van der Waals surface area (Å²) in [5.74, 6) is 0.572. The number of hydrogen-bond donors (Lipinski definition) is 2. The van der Waals surface area contributed by atoms with E-state index in [4.69, 9.17) is 14.2 Å². The van der Waals surface area contributed by atoms with Gasteiger partial charge >= 0.3 is 5.97 Å². The van der Waals surface area contributed by atoms with Crippen molar-refractivity contribution in [3.63, 3.8) is 0 Å². The second-order valence-electron chi connectivity index (χ2n) is 9.45. The molecule has 2 aromatic heterocycles. The Morgan fingerprint density at radius 3 is 2.59 bits per heavy atom. The molecule has 220 valence electrons. The Balaban J connectivity index is 1.40. The van der Waals surface area contributed by atoms with Crippen LogP contribution in [0, 0.1) is 0 Å². The molecule has 0 fully saturated rings. The fourth-order valence-corrected chi connectivity index (χ4v) is 6.63. The molecule has 2 N–H and O–H groups in total. The topological polar surface area (TPSA) is 134 Å². The van der Waals surface area contributed by atoms with Gasteiger partial charge in [0.05, 0.1) is 38.2 Å². The molecular weight excluding hydrogens is 566 g/mol. The van der Waals surface area contributed by atoms with Gasteiger partial charge in [0.2, 0.25) is 5.91 Å². The van der Waals surface area contributed by atoms with Crippen molar-refractivity contribution in [2.45, 2.75) is 62.9 Å². The molecule has 0 saturated carbocycles. The Kier molecular flexibility index (Phi) is 10.3. The maximum Gasteiger partial charge on any atom is 0.341 e. The number of aromatic nitrogens is 3. The number of fused-ring (bicyclic) bond motifs is 1. The van der Waals surface area contributed by atoms with E-state index in [9.17, 15) is 14.4 Å². The molecule has 2 heterocycles. The summed E-state index contributed by atoms with van der Waals surface area (Å²) in [5.41, 5.74) is 1.91. The van der Waals surface area contributed by atoms with E-state index in [0.29, 0.717) is 38.6 Å². The van der Waals surface area contributed by atoms with Crippen LogP contribution in [-0.2, 0) is 36.0 Å². The van der Waals surface area contributed by atoms with Crippen LogP contribution in [0.15, 0.2) is 23.4 Å². The van der Waals surface area contributed by atoms with Gasteiger partial charge in [0.1, 0.15) is 5.00 Å². The third-order valence-electron chi connectivity index (χ3n) is 6.77. The number of anilines is 1. The summed E-state index contributed by atoms with van der Waals surface area (Å²) >= 11 is 2.71. The minimum Gasteiger partial charge on any atom is -0.493 e. The average molecular weight is 602 g/mol. The molecule has 1 aliphatic rings. The summed E-state index contributed by atoms with van der Waals surface area (Å²) in [7, 11) is 4.82. The number of hydrogen-bond acceptors (Lipinski definition) is 10. The SMILES string of the molecule is CCOC(=O)c1c(NC(=O)C(C)Sc2nnc(CNC(=O)c3ccc(OC)c(OC)c3)n2C)sc2c1CCCCC2. The number of carbonyl (C=O) groups is 3. The second kappa shape index (κ2) is 13.9. The summed E-state index contributed by atoms with van der Waals surface area (Å²) < 4.78 is 17.6. The van der Waals surface area contributed by atoms with Crippen molar-refractivity contribution < 1.29 is 28.6 Å². The van der Waals surface area contributed by atoms with Gasteiger partial charge in [-0.3, -0.25) is 9.59 Å². The summed E-state index contributed by atoms with van der Waals surface area (Å²) in [4.78, 5) is 39.9. The third kappa shape index (κ3) is 7.02. The van der Waals surface area contributed by atoms with Crippen molar-refractivity contribution >= 4 is 45.9 Å². The molecule has 0 bridgehead atoms. The Hall–Kier alpha value is -3.58. The lowest BCUT2D eigenvalue weighted by molar-refractivity contribution is -0.115. The molecule has 2 amide bonds. The third-order valence-corrected chi connectivity index (χ3v) is 9.11. The lowest BCUT2D eigenvalue weighted by Gasteiger charge is -2.13. The van der Waals surface area contributed by atoms with Crippen LogP contribution < -0.4 is 20.1 Å². The van der Waals surface area contributed by atoms with Gasteiger partial charge in [0, 0.05) is 17.5 Å². The molecule has 1 unspecified atom stereocenters. The predicted octanol–water partition coefficient (Wildman–Crippen LogP) is 4.39. The van der Waals surface area contributed by atoms with Crippen molar-refractivity contribution in [1.29, 1.82) is 0 Å². The van der Waals surface area contributed by atoms with E-state index in [1.165, 1.54) is 37.3 Å². The minimum absolute atomic E-state index is 0.140. The summed E-state index contributed by atoms with van der Waals surface area (Å²) in [6.45, 7) is 3.96. The van der Waals surface area contributed by atoms with Crippen molar-refractivity contribution in [2.75, 3.05) is 26.1 Å². The highest BCUT2D eigenvalue weighted by atomic mass is 32.2. The molecule has 3 aromatic rings. The zero-order chi connectivity index (χ0) is 29.5. The number of ether oxygens (including phenoxy) is 3. The van der Waals surface area contributed by atoms with Crippen LogP contribution in [0.4, 0.5) is 5.00 Å². The van der Waals surface area contributed by atoms with E-state index < -0.39 is 11.2 Å². The highest BCUT2D eigenvalue weighted by Crippen LogP contribution is 2.38. The molecule has 13 heteroatoms. The first kappa shape index (κ1) is 30.4.